The quantitative estimate of drug-likeness (QED) is 0.659. The van der Waals surface area contributed by atoms with Gasteiger partial charge in [0.05, 0.1) is 31.0 Å². The minimum absolute atomic E-state index is 0.105. The molecule has 1 atom stereocenters. The van der Waals surface area contributed by atoms with Crippen molar-refractivity contribution < 1.29 is 23.8 Å². The fraction of sp³-hybridized carbons (Fsp3) is 0.304. The van der Waals surface area contributed by atoms with Gasteiger partial charge in [0.1, 0.15) is 5.75 Å². The van der Waals surface area contributed by atoms with Crippen LogP contribution in [0.3, 0.4) is 0 Å². The fourth-order valence-electron chi connectivity index (χ4n) is 3.18. The first-order valence-corrected chi connectivity index (χ1v) is 10.3. The number of nitrogens with one attached hydrogen (secondary N) is 1. The Morgan fingerprint density at radius 1 is 1.32 bits per heavy atom. The molecule has 0 radical (unpaired) electrons. The van der Waals surface area contributed by atoms with E-state index in [1.165, 1.54) is 25.1 Å². The minimum atomic E-state index is -0.790. The number of amides is 2. The molecule has 0 saturated heterocycles. The van der Waals surface area contributed by atoms with Gasteiger partial charge in [0.15, 0.2) is 17.6 Å². The van der Waals surface area contributed by atoms with Crippen molar-refractivity contribution in [3.05, 3.63) is 53.1 Å². The zero-order chi connectivity index (χ0) is 22.4. The van der Waals surface area contributed by atoms with Crippen LogP contribution in [-0.4, -0.2) is 45.2 Å². The Labute approximate surface area is 186 Å². The van der Waals surface area contributed by atoms with Crippen LogP contribution in [0.15, 0.2) is 42.5 Å². The van der Waals surface area contributed by atoms with E-state index in [0.29, 0.717) is 40.1 Å². The Morgan fingerprint density at radius 3 is 2.81 bits per heavy atom. The molecule has 1 aliphatic rings. The Bertz CT molecular complexity index is 992. The summed E-state index contributed by atoms with van der Waals surface area (Å²) in [6, 6.07) is 10.6. The van der Waals surface area contributed by atoms with Crippen molar-refractivity contribution in [2.45, 2.75) is 19.4 Å². The maximum absolute atomic E-state index is 13.0. The van der Waals surface area contributed by atoms with Crippen LogP contribution in [0.2, 0.25) is 5.02 Å². The summed E-state index contributed by atoms with van der Waals surface area (Å²) >= 11 is 6.35. The van der Waals surface area contributed by atoms with Gasteiger partial charge >= 0.3 is 0 Å². The number of fused-ring (bicyclic) bond motifs is 1. The summed E-state index contributed by atoms with van der Waals surface area (Å²) in [6.45, 7) is 2.63. The lowest BCUT2D eigenvalue weighted by atomic mass is 10.1. The molecule has 1 unspecified atom stereocenters. The van der Waals surface area contributed by atoms with E-state index in [1.54, 1.807) is 36.4 Å². The second kappa shape index (κ2) is 10.2. The van der Waals surface area contributed by atoms with E-state index >= 15 is 0 Å². The number of methoxy groups -OCH3 is 1. The van der Waals surface area contributed by atoms with Crippen molar-refractivity contribution in [2.75, 3.05) is 32.2 Å². The van der Waals surface area contributed by atoms with Gasteiger partial charge in [-0.2, -0.15) is 0 Å². The van der Waals surface area contributed by atoms with Crippen molar-refractivity contribution in [3.8, 4) is 17.2 Å². The predicted molar refractivity (Wildman–Crippen MR) is 120 cm³/mol. The summed E-state index contributed by atoms with van der Waals surface area (Å²) in [6.07, 6.45) is 3.13. The van der Waals surface area contributed by atoms with Gasteiger partial charge < -0.3 is 24.4 Å². The minimum Gasteiger partial charge on any atom is -0.493 e. The van der Waals surface area contributed by atoms with E-state index < -0.39 is 6.10 Å². The molecule has 0 aromatic heterocycles. The van der Waals surface area contributed by atoms with E-state index in [4.69, 9.17) is 25.8 Å². The zero-order valence-electron chi connectivity index (χ0n) is 17.7. The summed E-state index contributed by atoms with van der Waals surface area (Å²) in [4.78, 5) is 26.6. The van der Waals surface area contributed by atoms with Gasteiger partial charge in [0, 0.05) is 13.1 Å². The molecular weight excluding hydrogens is 420 g/mol. The van der Waals surface area contributed by atoms with E-state index in [1.807, 2.05) is 13.0 Å². The summed E-state index contributed by atoms with van der Waals surface area (Å²) in [5.41, 5.74) is 1.29. The maximum atomic E-state index is 13.0. The summed E-state index contributed by atoms with van der Waals surface area (Å²) in [5.74, 6) is 0.863. The summed E-state index contributed by atoms with van der Waals surface area (Å²) < 4.78 is 16.8. The smallest absolute Gasteiger partial charge is 0.262 e. The van der Waals surface area contributed by atoms with Gasteiger partial charge in [-0.25, -0.2) is 0 Å². The molecule has 0 aliphatic carbocycles. The van der Waals surface area contributed by atoms with Gasteiger partial charge in [0.2, 0.25) is 0 Å². The molecule has 2 aromatic rings. The van der Waals surface area contributed by atoms with E-state index in [9.17, 15) is 9.59 Å². The molecule has 0 spiro atoms. The molecule has 164 valence electrons. The number of likely N-dealkylation sites (N-methyl/N-ethyl adjacent to an activating group) is 1. The first-order valence-electron chi connectivity index (χ1n) is 9.95. The molecule has 0 bridgehead atoms. The van der Waals surface area contributed by atoms with Crippen LogP contribution >= 0.6 is 11.6 Å². The molecule has 2 aromatic carbocycles. The highest BCUT2D eigenvalue weighted by molar-refractivity contribution is 6.32. The average Bonchev–Trinajstić information content (AvgIpc) is 2.80. The standard InChI is InChI=1S/C23H25ClN2O5/c1-4-11-30-22-16(24)12-15(13-19(22)29-3)9-10-21(27)26-14-20(23(28)25-2)31-18-8-6-5-7-17(18)26/h5-10,12-13,20H,4,11,14H2,1-3H3,(H,25,28). The summed E-state index contributed by atoms with van der Waals surface area (Å²) in [7, 11) is 3.07. The van der Waals surface area contributed by atoms with Gasteiger partial charge in [-0.05, 0) is 42.3 Å². The molecule has 1 heterocycles. The van der Waals surface area contributed by atoms with Crippen LogP contribution in [0, 0.1) is 0 Å². The van der Waals surface area contributed by atoms with Crippen LogP contribution in [0.5, 0.6) is 17.2 Å². The number of carbonyl (C=O) groups excluding carboxylic acids is 2. The fourth-order valence-corrected chi connectivity index (χ4v) is 3.45. The Morgan fingerprint density at radius 2 is 2.10 bits per heavy atom. The number of anilines is 1. The first-order chi connectivity index (χ1) is 15.0. The molecule has 3 rings (SSSR count). The highest BCUT2D eigenvalue weighted by Gasteiger charge is 2.32. The summed E-state index contributed by atoms with van der Waals surface area (Å²) in [5, 5.41) is 2.96. The van der Waals surface area contributed by atoms with Crippen molar-refractivity contribution in [1.82, 2.24) is 5.32 Å². The lowest BCUT2D eigenvalue weighted by Gasteiger charge is -2.33. The monoisotopic (exact) mass is 444 g/mol. The third-order valence-corrected chi connectivity index (χ3v) is 4.98. The van der Waals surface area contributed by atoms with Gasteiger partial charge in [-0.3, -0.25) is 9.59 Å². The highest BCUT2D eigenvalue weighted by atomic mass is 35.5. The Hall–Kier alpha value is -3.19. The van der Waals surface area contributed by atoms with Crippen molar-refractivity contribution in [1.29, 1.82) is 0 Å². The number of nitrogens with zero attached hydrogens (tertiary/aromatic N) is 1. The highest BCUT2D eigenvalue weighted by Crippen LogP contribution is 2.37. The van der Waals surface area contributed by atoms with Gasteiger partial charge in [0.25, 0.3) is 11.8 Å². The van der Waals surface area contributed by atoms with Crippen molar-refractivity contribution in [2.24, 2.45) is 0 Å². The number of hydrogen-bond donors (Lipinski definition) is 1. The number of rotatable bonds is 7. The number of benzene rings is 2. The lowest BCUT2D eigenvalue weighted by Crippen LogP contribution is -2.49. The topological polar surface area (TPSA) is 77.1 Å². The zero-order valence-corrected chi connectivity index (χ0v) is 18.4. The molecule has 0 fully saturated rings. The molecular formula is C23H25ClN2O5. The van der Waals surface area contributed by atoms with E-state index in [0.717, 1.165) is 6.42 Å². The van der Waals surface area contributed by atoms with E-state index in [2.05, 4.69) is 5.32 Å². The van der Waals surface area contributed by atoms with Crippen molar-refractivity contribution in [3.63, 3.8) is 0 Å². The Balaban J connectivity index is 1.85. The van der Waals surface area contributed by atoms with Crippen LogP contribution in [-0.2, 0) is 9.59 Å². The second-order valence-electron chi connectivity index (χ2n) is 6.85. The normalized spacial score (nSPS) is 15.2. The Kier molecular flexibility index (Phi) is 7.41. The van der Waals surface area contributed by atoms with E-state index in [-0.39, 0.29) is 18.4 Å². The molecule has 0 saturated carbocycles. The van der Waals surface area contributed by atoms with Crippen LogP contribution in [0.1, 0.15) is 18.9 Å². The molecule has 1 N–H and O–H groups in total. The molecule has 7 nitrogen and oxygen atoms in total. The lowest BCUT2D eigenvalue weighted by molar-refractivity contribution is -0.127. The second-order valence-corrected chi connectivity index (χ2v) is 7.26. The van der Waals surface area contributed by atoms with Gasteiger partial charge in [-0.15, -0.1) is 0 Å². The maximum Gasteiger partial charge on any atom is 0.262 e. The SMILES string of the molecule is CCCOc1c(Cl)cc(C=CC(=O)N2CC(C(=O)NC)Oc3ccccc32)cc1OC. The number of halogens is 1. The number of carbonyl (C=O) groups is 2. The third-order valence-electron chi connectivity index (χ3n) is 4.70. The number of hydrogen-bond acceptors (Lipinski definition) is 5. The predicted octanol–water partition coefficient (Wildman–Crippen LogP) is 3.69. The molecule has 31 heavy (non-hydrogen) atoms. The first kappa shape index (κ1) is 22.5. The van der Waals surface area contributed by atoms with Crippen LogP contribution < -0.4 is 24.4 Å². The average molecular weight is 445 g/mol. The van der Waals surface area contributed by atoms with Gasteiger partial charge in [-0.1, -0.05) is 30.7 Å². The molecule has 2 amide bonds. The van der Waals surface area contributed by atoms with Crippen LogP contribution in [0.25, 0.3) is 6.08 Å². The number of para-hydroxylation sites is 2. The molecule has 8 heteroatoms. The number of ether oxygens (including phenoxy) is 3. The largest absolute Gasteiger partial charge is 0.493 e. The van der Waals surface area contributed by atoms with Crippen LogP contribution in [0.4, 0.5) is 5.69 Å². The third kappa shape index (κ3) is 5.11. The molecule has 1 aliphatic heterocycles. The van der Waals surface area contributed by atoms with Crippen molar-refractivity contribution >= 4 is 35.2 Å².